The van der Waals surface area contributed by atoms with Crippen LogP contribution in [0.1, 0.15) is 13.3 Å². The predicted octanol–water partition coefficient (Wildman–Crippen LogP) is 1.30. The summed E-state index contributed by atoms with van der Waals surface area (Å²) in [5.41, 5.74) is 0. The predicted molar refractivity (Wildman–Crippen MR) is 56.9 cm³/mol. The number of ether oxygens (including phenoxy) is 1. The molecule has 0 aliphatic carbocycles. The van der Waals surface area contributed by atoms with Crippen LogP contribution < -0.4 is 10.1 Å². The highest BCUT2D eigenvalue weighted by atomic mass is 16.5. The van der Waals surface area contributed by atoms with E-state index >= 15 is 0 Å². The van der Waals surface area contributed by atoms with Gasteiger partial charge in [0, 0.05) is 6.54 Å². The topological polar surface area (TPSA) is 58.6 Å². The van der Waals surface area contributed by atoms with Crippen LogP contribution in [0.5, 0.6) is 11.5 Å². The number of hydrogen-bond acceptors (Lipinski definition) is 3. The number of phenolic OH excluding ortho intramolecular Hbond substituents is 1. The molecule has 0 radical (unpaired) electrons. The van der Waals surface area contributed by atoms with Crippen LogP contribution in [-0.4, -0.2) is 24.2 Å². The first-order chi connectivity index (χ1) is 7.24. The highest BCUT2D eigenvalue weighted by Gasteiger charge is 2.04. The zero-order valence-electron chi connectivity index (χ0n) is 8.69. The van der Waals surface area contributed by atoms with E-state index in [0.717, 1.165) is 6.42 Å². The maximum Gasteiger partial charge on any atom is 0.257 e. The van der Waals surface area contributed by atoms with Crippen molar-refractivity contribution in [3.63, 3.8) is 0 Å². The van der Waals surface area contributed by atoms with E-state index in [4.69, 9.17) is 4.74 Å². The summed E-state index contributed by atoms with van der Waals surface area (Å²) >= 11 is 0. The highest BCUT2D eigenvalue weighted by molar-refractivity contribution is 5.77. The lowest BCUT2D eigenvalue weighted by atomic mass is 10.3. The third-order valence-corrected chi connectivity index (χ3v) is 1.80. The highest BCUT2D eigenvalue weighted by Crippen LogP contribution is 2.23. The average Bonchev–Trinajstić information content (AvgIpc) is 2.25. The van der Waals surface area contributed by atoms with Crippen LogP contribution in [0.4, 0.5) is 0 Å². The maximum atomic E-state index is 11.2. The van der Waals surface area contributed by atoms with Crippen molar-refractivity contribution in [3.8, 4) is 11.5 Å². The molecule has 1 aromatic carbocycles. The van der Waals surface area contributed by atoms with Gasteiger partial charge in [0.2, 0.25) is 0 Å². The van der Waals surface area contributed by atoms with Crippen LogP contribution in [0.3, 0.4) is 0 Å². The number of amides is 1. The first-order valence-electron chi connectivity index (χ1n) is 4.91. The zero-order chi connectivity index (χ0) is 11.1. The number of benzene rings is 1. The summed E-state index contributed by atoms with van der Waals surface area (Å²) in [7, 11) is 0. The average molecular weight is 209 g/mol. The first kappa shape index (κ1) is 11.4. The van der Waals surface area contributed by atoms with E-state index < -0.39 is 0 Å². The molecule has 0 atom stereocenters. The first-order valence-corrected chi connectivity index (χ1v) is 4.91. The van der Waals surface area contributed by atoms with Gasteiger partial charge in [0.25, 0.3) is 5.91 Å². The molecule has 0 saturated heterocycles. The van der Waals surface area contributed by atoms with Crippen LogP contribution >= 0.6 is 0 Å². The fourth-order valence-electron chi connectivity index (χ4n) is 1.04. The van der Waals surface area contributed by atoms with Gasteiger partial charge in [-0.25, -0.2) is 0 Å². The molecule has 0 aliphatic heterocycles. The minimum Gasteiger partial charge on any atom is -0.504 e. The molecule has 0 saturated carbocycles. The molecule has 0 aromatic heterocycles. The standard InChI is InChI=1S/C11H15NO3/c1-2-7-12-11(14)8-15-10-6-4-3-5-9(10)13/h3-6,13H,2,7-8H2,1H3,(H,12,14). The van der Waals surface area contributed by atoms with Crippen molar-refractivity contribution in [2.75, 3.05) is 13.2 Å². The number of carbonyl (C=O) groups is 1. The van der Waals surface area contributed by atoms with E-state index in [1.807, 2.05) is 6.92 Å². The molecule has 0 aliphatic rings. The Hall–Kier alpha value is -1.71. The Balaban J connectivity index is 2.37. The van der Waals surface area contributed by atoms with Gasteiger partial charge in [-0.1, -0.05) is 19.1 Å². The maximum absolute atomic E-state index is 11.2. The molecule has 0 fully saturated rings. The third kappa shape index (κ3) is 3.89. The Kier molecular flexibility index (Phi) is 4.47. The van der Waals surface area contributed by atoms with Crippen LogP contribution in [-0.2, 0) is 4.79 Å². The van der Waals surface area contributed by atoms with E-state index in [0.29, 0.717) is 12.3 Å². The Morgan fingerprint density at radius 1 is 1.47 bits per heavy atom. The van der Waals surface area contributed by atoms with Gasteiger partial charge < -0.3 is 15.2 Å². The molecule has 1 rings (SSSR count). The van der Waals surface area contributed by atoms with Gasteiger partial charge in [0.1, 0.15) is 0 Å². The lowest BCUT2D eigenvalue weighted by Crippen LogP contribution is -2.29. The summed E-state index contributed by atoms with van der Waals surface area (Å²) in [4.78, 5) is 11.2. The number of aromatic hydroxyl groups is 1. The fourth-order valence-corrected chi connectivity index (χ4v) is 1.04. The second-order valence-corrected chi connectivity index (χ2v) is 3.11. The van der Waals surface area contributed by atoms with Gasteiger partial charge in [-0.2, -0.15) is 0 Å². The molecule has 1 amide bonds. The Labute approximate surface area is 88.9 Å². The summed E-state index contributed by atoms with van der Waals surface area (Å²) in [5.74, 6) is 0.185. The monoisotopic (exact) mass is 209 g/mol. The van der Waals surface area contributed by atoms with E-state index in [-0.39, 0.29) is 18.3 Å². The lowest BCUT2D eigenvalue weighted by molar-refractivity contribution is -0.123. The van der Waals surface area contributed by atoms with Crippen molar-refractivity contribution in [1.29, 1.82) is 0 Å². The van der Waals surface area contributed by atoms with Crippen LogP contribution in [0.2, 0.25) is 0 Å². The number of nitrogens with one attached hydrogen (secondary N) is 1. The quantitative estimate of drug-likeness (QED) is 0.768. The number of rotatable bonds is 5. The Morgan fingerprint density at radius 3 is 2.87 bits per heavy atom. The SMILES string of the molecule is CCCNC(=O)COc1ccccc1O. The van der Waals surface area contributed by atoms with Crippen molar-refractivity contribution in [2.45, 2.75) is 13.3 Å². The van der Waals surface area contributed by atoms with Gasteiger partial charge in [-0.3, -0.25) is 4.79 Å². The number of phenols is 1. The molecular weight excluding hydrogens is 194 g/mol. The largest absolute Gasteiger partial charge is 0.504 e. The summed E-state index contributed by atoms with van der Waals surface area (Å²) < 4.78 is 5.13. The van der Waals surface area contributed by atoms with Gasteiger partial charge in [0.05, 0.1) is 0 Å². The van der Waals surface area contributed by atoms with Crippen LogP contribution in [0.15, 0.2) is 24.3 Å². The van der Waals surface area contributed by atoms with Gasteiger partial charge in [-0.05, 0) is 18.6 Å². The summed E-state index contributed by atoms with van der Waals surface area (Å²) in [6.07, 6.45) is 0.891. The zero-order valence-corrected chi connectivity index (χ0v) is 8.69. The van der Waals surface area contributed by atoms with E-state index in [1.165, 1.54) is 6.07 Å². The number of carbonyl (C=O) groups excluding carboxylic acids is 1. The van der Waals surface area contributed by atoms with Crippen molar-refractivity contribution in [2.24, 2.45) is 0 Å². The number of para-hydroxylation sites is 2. The molecule has 4 heteroatoms. The van der Waals surface area contributed by atoms with Crippen LogP contribution in [0.25, 0.3) is 0 Å². The lowest BCUT2D eigenvalue weighted by Gasteiger charge is -2.07. The van der Waals surface area contributed by atoms with Gasteiger partial charge >= 0.3 is 0 Å². The normalized spacial score (nSPS) is 9.67. The summed E-state index contributed by atoms with van der Waals surface area (Å²) in [6.45, 7) is 2.55. The second-order valence-electron chi connectivity index (χ2n) is 3.11. The molecule has 0 spiro atoms. The summed E-state index contributed by atoms with van der Waals surface area (Å²) in [6, 6.07) is 6.56. The van der Waals surface area contributed by atoms with E-state index in [1.54, 1.807) is 18.2 Å². The van der Waals surface area contributed by atoms with E-state index in [2.05, 4.69) is 5.32 Å². The molecule has 15 heavy (non-hydrogen) atoms. The van der Waals surface area contributed by atoms with Crippen molar-refractivity contribution >= 4 is 5.91 Å². The molecule has 1 aromatic rings. The smallest absolute Gasteiger partial charge is 0.257 e. The molecule has 0 bridgehead atoms. The molecule has 82 valence electrons. The van der Waals surface area contributed by atoms with Crippen molar-refractivity contribution in [1.82, 2.24) is 5.32 Å². The number of hydrogen-bond donors (Lipinski definition) is 2. The van der Waals surface area contributed by atoms with Crippen molar-refractivity contribution in [3.05, 3.63) is 24.3 Å². The molecule has 2 N–H and O–H groups in total. The molecule has 0 heterocycles. The Bertz CT molecular complexity index is 325. The van der Waals surface area contributed by atoms with Gasteiger partial charge in [0.15, 0.2) is 18.1 Å². The third-order valence-electron chi connectivity index (χ3n) is 1.80. The fraction of sp³-hybridized carbons (Fsp3) is 0.364. The van der Waals surface area contributed by atoms with Crippen LogP contribution in [0, 0.1) is 0 Å². The minimum absolute atomic E-state index is 0.0424. The van der Waals surface area contributed by atoms with Crippen molar-refractivity contribution < 1.29 is 14.6 Å². The molecule has 0 unspecified atom stereocenters. The minimum atomic E-state index is -0.180. The van der Waals surface area contributed by atoms with E-state index in [9.17, 15) is 9.90 Å². The van der Waals surface area contributed by atoms with Gasteiger partial charge in [-0.15, -0.1) is 0 Å². The summed E-state index contributed by atoms with van der Waals surface area (Å²) in [5, 5.41) is 12.0. The Morgan fingerprint density at radius 2 is 2.20 bits per heavy atom. The molecular formula is C11H15NO3. The second kappa shape index (κ2) is 5.90. The molecule has 4 nitrogen and oxygen atoms in total.